The maximum atomic E-state index is 12.1. The molecule has 2 heterocycles. The topological polar surface area (TPSA) is 57.8 Å². The Bertz CT molecular complexity index is 673. The van der Waals surface area contributed by atoms with Crippen molar-refractivity contribution in [1.82, 2.24) is 15.3 Å². The fraction of sp³-hybridized carbons (Fsp3) is 0.375. The van der Waals surface area contributed by atoms with Crippen LogP contribution in [0.5, 0.6) is 0 Å². The summed E-state index contributed by atoms with van der Waals surface area (Å²) in [5, 5.41) is 2.95. The molecule has 0 bridgehead atoms. The molecule has 1 aromatic heterocycles. The van der Waals surface area contributed by atoms with Gasteiger partial charge in [0.1, 0.15) is 11.5 Å². The maximum Gasteiger partial charge on any atom is 0.271 e. The van der Waals surface area contributed by atoms with Gasteiger partial charge in [0.25, 0.3) is 5.91 Å². The fourth-order valence-electron chi connectivity index (χ4n) is 2.56. The van der Waals surface area contributed by atoms with E-state index in [0.29, 0.717) is 12.2 Å². The minimum absolute atomic E-state index is 0.0351. The Hall–Kier alpha value is -1.75. The van der Waals surface area contributed by atoms with Gasteiger partial charge in [-0.3, -0.25) is 4.79 Å². The van der Waals surface area contributed by atoms with Crippen LogP contribution in [0.1, 0.15) is 30.0 Å². The Kier molecular flexibility index (Phi) is 3.53. The molecule has 110 valence electrons. The van der Waals surface area contributed by atoms with Crippen LogP contribution >= 0.6 is 11.8 Å². The van der Waals surface area contributed by atoms with Gasteiger partial charge in [-0.1, -0.05) is 26.0 Å². The molecule has 1 amide bonds. The van der Waals surface area contributed by atoms with Gasteiger partial charge < -0.3 is 10.3 Å². The van der Waals surface area contributed by atoms with Gasteiger partial charge in [0, 0.05) is 22.7 Å². The zero-order valence-corrected chi connectivity index (χ0v) is 13.3. The van der Waals surface area contributed by atoms with Crippen LogP contribution in [0.4, 0.5) is 0 Å². The SMILES string of the molecule is CSc1ccc(-c2nc3c([nH]2)CC(C)(C)CNC3=O)cc1. The second kappa shape index (κ2) is 5.22. The summed E-state index contributed by atoms with van der Waals surface area (Å²) in [6, 6.07) is 8.20. The smallest absolute Gasteiger partial charge is 0.271 e. The largest absolute Gasteiger partial charge is 0.350 e. The molecule has 0 spiro atoms. The van der Waals surface area contributed by atoms with Crippen molar-refractivity contribution in [2.45, 2.75) is 25.2 Å². The molecule has 2 aromatic rings. The van der Waals surface area contributed by atoms with E-state index < -0.39 is 0 Å². The first kappa shape index (κ1) is 14.2. The molecule has 4 nitrogen and oxygen atoms in total. The lowest BCUT2D eigenvalue weighted by atomic mass is 9.88. The number of nitrogens with one attached hydrogen (secondary N) is 2. The van der Waals surface area contributed by atoms with Gasteiger partial charge in [-0.25, -0.2) is 4.98 Å². The lowest BCUT2D eigenvalue weighted by Crippen LogP contribution is -2.32. The average molecular weight is 301 g/mol. The fourth-order valence-corrected chi connectivity index (χ4v) is 2.96. The molecule has 0 unspecified atom stereocenters. The van der Waals surface area contributed by atoms with Crippen molar-refractivity contribution >= 4 is 17.7 Å². The molecule has 5 heteroatoms. The Morgan fingerprint density at radius 1 is 1.24 bits per heavy atom. The monoisotopic (exact) mass is 301 g/mol. The summed E-state index contributed by atoms with van der Waals surface area (Å²) in [4.78, 5) is 21.2. The summed E-state index contributed by atoms with van der Waals surface area (Å²) in [6.45, 7) is 4.97. The molecule has 0 radical (unpaired) electrons. The molecule has 3 rings (SSSR count). The van der Waals surface area contributed by atoms with E-state index >= 15 is 0 Å². The number of rotatable bonds is 2. The molecular formula is C16H19N3OS. The molecule has 1 aliphatic heterocycles. The van der Waals surface area contributed by atoms with E-state index in [0.717, 1.165) is 23.5 Å². The van der Waals surface area contributed by atoms with Gasteiger partial charge in [0.05, 0.1) is 0 Å². The van der Waals surface area contributed by atoms with Gasteiger partial charge in [0.15, 0.2) is 0 Å². The van der Waals surface area contributed by atoms with E-state index in [1.54, 1.807) is 11.8 Å². The number of carbonyl (C=O) groups excluding carboxylic acids is 1. The van der Waals surface area contributed by atoms with Crippen molar-refractivity contribution in [1.29, 1.82) is 0 Å². The highest BCUT2D eigenvalue weighted by Crippen LogP contribution is 2.28. The first-order chi connectivity index (χ1) is 9.98. The third kappa shape index (κ3) is 2.83. The summed E-state index contributed by atoms with van der Waals surface area (Å²) in [7, 11) is 0. The average Bonchev–Trinajstić information content (AvgIpc) is 2.84. The number of hydrogen-bond donors (Lipinski definition) is 2. The number of nitrogens with zero attached hydrogens (tertiary/aromatic N) is 1. The predicted octanol–water partition coefficient (Wildman–Crippen LogP) is 3.11. The van der Waals surface area contributed by atoms with Crippen molar-refractivity contribution in [3.63, 3.8) is 0 Å². The number of fused-ring (bicyclic) bond motifs is 1. The van der Waals surface area contributed by atoms with Crippen LogP contribution in [0.2, 0.25) is 0 Å². The first-order valence-corrected chi connectivity index (χ1v) is 8.22. The third-order valence-electron chi connectivity index (χ3n) is 3.74. The molecule has 0 atom stereocenters. The Morgan fingerprint density at radius 2 is 1.95 bits per heavy atom. The zero-order chi connectivity index (χ0) is 15.0. The van der Waals surface area contributed by atoms with Crippen LogP contribution in [0.15, 0.2) is 29.2 Å². The highest BCUT2D eigenvalue weighted by Gasteiger charge is 2.29. The van der Waals surface area contributed by atoms with E-state index in [1.807, 2.05) is 12.1 Å². The summed E-state index contributed by atoms with van der Waals surface area (Å²) in [6.07, 6.45) is 2.87. The summed E-state index contributed by atoms with van der Waals surface area (Å²) in [5.74, 6) is 0.680. The standard InChI is InChI=1S/C16H19N3OS/c1-16(2)8-12-13(15(20)17-9-16)19-14(18-12)10-4-6-11(21-3)7-5-10/h4-7H,8-9H2,1-3H3,(H,17,20)(H,18,19). The van der Waals surface area contributed by atoms with Crippen LogP contribution in [-0.2, 0) is 6.42 Å². The molecule has 0 saturated heterocycles. The van der Waals surface area contributed by atoms with Crippen LogP contribution in [0, 0.1) is 5.41 Å². The molecule has 21 heavy (non-hydrogen) atoms. The molecule has 1 aromatic carbocycles. The molecule has 1 aliphatic rings. The number of aromatic nitrogens is 2. The number of benzene rings is 1. The highest BCUT2D eigenvalue weighted by atomic mass is 32.2. The van der Waals surface area contributed by atoms with E-state index in [4.69, 9.17) is 0 Å². The minimum Gasteiger partial charge on any atom is -0.350 e. The van der Waals surface area contributed by atoms with E-state index in [9.17, 15) is 4.79 Å². The summed E-state index contributed by atoms with van der Waals surface area (Å²) < 4.78 is 0. The van der Waals surface area contributed by atoms with Crippen LogP contribution in [-0.4, -0.2) is 28.7 Å². The second-order valence-electron chi connectivity index (χ2n) is 6.16. The van der Waals surface area contributed by atoms with Crippen molar-refractivity contribution in [2.75, 3.05) is 12.8 Å². The second-order valence-corrected chi connectivity index (χ2v) is 7.04. The van der Waals surface area contributed by atoms with E-state index in [2.05, 4.69) is 47.5 Å². The van der Waals surface area contributed by atoms with Crippen molar-refractivity contribution in [3.8, 4) is 11.4 Å². The molecule has 0 fully saturated rings. The first-order valence-electron chi connectivity index (χ1n) is 7.00. The normalized spacial score (nSPS) is 17.0. The highest BCUT2D eigenvalue weighted by molar-refractivity contribution is 7.98. The van der Waals surface area contributed by atoms with Gasteiger partial charge in [-0.05, 0) is 30.2 Å². The molecule has 0 saturated carbocycles. The number of H-pyrrole nitrogens is 1. The lowest BCUT2D eigenvalue weighted by Gasteiger charge is -2.21. The van der Waals surface area contributed by atoms with Crippen molar-refractivity contribution < 1.29 is 4.79 Å². The molecule has 2 N–H and O–H groups in total. The third-order valence-corrected chi connectivity index (χ3v) is 4.48. The maximum absolute atomic E-state index is 12.1. The van der Waals surface area contributed by atoms with Gasteiger partial charge in [0.2, 0.25) is 0 Å². The van der Waals surface area contributed by atoms with Gasteiger partial charge in [-0.2, -0.15) is 0 Å². The minimum atomic E-state index is -0.0844. The van der Waals surface area contributed by atoms with Crippen molar-refractivity contribution in [2.24, 2.45) is 5.41 Å². The number of aromatic amines is 1. The van der Waals surface area contributed by atoms with Crippen LogP contribution < -0.4 is 5.32 Å². The van der Waals surface area contributed by atoms with E-state index in [1.165, 1.54) is 4.90 Å². The number of thioether (sulfide) groups is 1. The Morgan fingerprint density at radius 3 is 2.62 bits per heavy atom. The number of amides is 1. The van der Waals surface area contributed by atoms with Gasteiger partial charge in [-0.15, -0.1) is 11.8 Å². The quantitative estimate of drug-likeness (QED) is 0.838. The lowest BCUT2D eigenvalue weighted by molar-refractivity contribution is 0.0940. The zero-order valence-electron chi connectivity index (χ0n) is 12.5. The number of imidazole rings is 1. The van der Waals surface area contributed by atoms with Crippen LogP contribution in [0.3, 0.4) is 0 Å². The Labute approximate surface area is 128 Å². The predicted molar refractivity (Wildman–Crippen MR) is 85.6 cm³/mol. The van der Waals surface area contributed by atoms with Crippen molar-refractivity contribution in [3.05, 3.63) is 35.7 Å². The Balaban J connectivity index is 1.99. The van der Waals surface area contributed by atoms with Gasteiger partial charge >= 0.3 is 0 Å². The molecule has 0 aliphatic carbocycles. The van der Waals surface area contributed by atoms with Crippen LogP contribution in [0.25, 0.3) is 11.4 Å². The number of hydrogen-bond acceptors (Lipinski definition) is 3. The number of carbonyl (C=O) groups is 1. The summed E-state index contributed by atoms with van der Waals surface area (Å²) >= 11 is 1.71. The van der Waals surface area contributed by atoms with E-state index in [-0.39, 0.29) is 11.3 Å². The summed E-state index contributed by atoms with van der Waals surface area (Å²) in [5.41, 5.74) is 2.50. The molecular weight excluding hydrogens is 282 g/mol.